The summed E-state index contributed by atoms with van der Waals surface area (Å²) in [6.07, 6.45) is 17.0. The van der Waals surface area contributed by atoms with Crippen LogP contribution in [0.1, 0.15) is 97.6 Å². The van der Waals surface area contributed by atoms with Crippen molar-refractivity contribution < 1.29 is 9.68 Å². The maximum atomic E-state index is 7.00. The average Bonchev–Trinajstić information content (AvgIpc) is 3.64. The molecule has 2 heterocycles. The Labute approximate surface area is 314 Å². The number of hydrogen-bond donors (Lipinski definition) is 5. The van der Waals surface area contributed by atoms with Crippen LogP contribution in [0.5, 0.6) is 0 Å². The monoisotopic (exact) mass is 718 g/mol. The third-order valence-electron chi connectivity index (χ3n) is 9.42. The third kappa shape index (κ3) is 10.3. The lowest BCUT2D eigenvalue weighted by Crippen LogP contribution is -2.28. The molecule has 0 bridgehead atoms. The quantitative estimate of drug-likeness (QED) is 0.0694. The van der Waals surface area contributed by atoms with Gasteiger partial charge in [0.1, 0.15) is 6.54 Å². The third-order valence-corrected chi connectivity index (χ3v) is 10.1. The van der Waals surface area contributed by atoms with Gasteiger partial charge in [0.05, 0.1) is 5.41 Å². The highest BCUT2D eigenvalue weighted by molar-refractivity contribution is 7.80. The van der Waals surface area contributed by atoms with Crippen LogP contribution in [0.15, 0.2) is 100 Å². The first kappa shape index (κ1) is 43.1. The van der Waals surface area contributed by atoms with Crippen molar-refractivity contribution in [3.63, 3.8) is 0 Å². The fraction of sp³-hybridized carbons (Fsp3) is 0.500. The van der Waals surface area contributed by atoms with Gasteiger partial charge in [0.25, 0.3) is 0 Å². The Morgan fingerprint density at radius 2 is 1.44 bits per heavy atom. The first-order valence-electron chi connectivity index (χ1n) is 18.2. The largest absolute Gasteiger partial charge is 0.400 e. The SMILES string of the molecule is CC1(C)C(/C=C/C2=C(N)C(=C/C=C3/N(CCCCS)c4ccccc4C3(C)C)/CC2)=[N+](CCCCS)c2ccccc21.CCC.CN=N.CO. The molecule has 3 aliphatic rings. The molecule has 2 aliphatic heterocycles. The molecular weight excluding hydrogens is 655 g/mol. The number of aliphatic hydroxyl groups excluding tert-OH is 1. The molecule has 6 nitrogen and oxygen atoms in total. The normalized spacial score (nSPS) is 18.3. The minimum Gasteiger partial charge on any atom is -0.400 e. The van der Waals surface area contributed by atoms with Crippen LogP contribution in [0.4, 0.5) is 11.4 Å². The van der Waals surface area contributed by atoms with E-state index < -0.39 is 0 Å². The van der Waals surface area contributed by atoms with Crippen LogP contribution in [0, 0.1) is 5.53 Å². The highest BCUT2D eigenvalue weighted by Crippen LogP contribution is 2.48. The van der Waals surface area contributed by atoms with E-state index in [-0.39, 0.29) is 10.8 Å². The van der Waals surface area contributed by atoms with E-state index in [0.717, 1.165) is 75.9 Å². The van der Waals surface area contributed by atoms with E-state index >= 15 is 0 Å². The van der Waals surface area contributed by atoms with Crippen LogP contribution in [0.2, 0.25) is 0 Å². The molecule has 0 unspecified atom stereocenters. The molecule has 50 heavy (non-hydrogen) atoms. The summed E-state index contributed by atoms with van der Waals surface area (Å²) in [5.74, 6) is 1.85. The molecule has 0 spiro atoms. The van der Waals surface area contributed by atoms with Gasteiger partial charge in [-0.3, -0.25) is 0 Å². The van der Waals surface area contributed by atoms with Crippen LogP contribution in [0.3, 0.4) is 0 Å². The number of hydrogen-bond acceptors (Lipinski definition) is 7. The number of nitrogens with one attached hydrogen (secondary N) is 1. The predicted molar refractivity (Wildman–Crippen MR) is 223 cm³/mol. The van der Waals surface area contributed by atoms with E-state index in [2.05, 4.69) is 154 Å². The second-order valence-electron chi connectivity index (χ2n) is 13.8. The zero-order chi connectivity index (χ0) is 37.3. The van der Waals surface area contributed by atoms with Crippen molar-refractivity contribution in [2.45, 2.75) is 97.3 Å². The van der Waals surface area contributed by atoms with Crippen molar-refractivity contribution in [2.24, 2.45) is 10.8 Å². The molecular formula is C42H64N5OS2+. The molecule has 8 heteroatoms. The van der Waals surface area contributed by atoms with E-state index in [1.165, 1.54) is 58.5 Å². The molecule has 4 N–H and O–H groups in total. The van der Waals surface area contributed by atoms with Crippen molar-refractivity contribution in [1.29, 1.82) is 5.53 Å². The highest BCUT2D eigenvalue weighted by atomic mass is 32.1. The average molecular weight is 719 g/mol. The number of benzene rings is 2. The van der Waals surface area contributed by atoms with Gasteiger partial charge in [-0.25, -0.2) is 10.6 Å². The number of para-hydroxylation sites is 2. The van der Waals surface area contributed by atoms with Gasteiger partial charge in [0, 0.05) is 67.3 Å². The molecule has 2 aromatic carbocycles. The van der Waals surface area contributed by atoms with Gasteiger partial charge in [-0.05, 0) is 86.3 Å². The summed E-state index contributed by atoms with van der Waals surface area (Å²) >= 11 is 8.89. The lowest BCUT2D eigenvalue weighted by molar-refractivity contribution is -0.438. The van der Waals surface area contributed by atoms with E-state index in [1.54, 1.807) is 0 Å². The molecule has 0 saturated carbocycles. The zero-order valence-electron chi connectivity index (χ0n) is 32.0. The molecule has 1 aliphatic carbocycles. The maximum Gasteiger partial charge on any atom is 0.209 e. The molecule has 2 aromatic rings. The van der Waals surface area contributed by atoms with E-state index in [0.29, 0.717) is 0 Å². The van der Waals surface area contributed by atoms with Gasteiger partial charge in [-0.15, -0.1) is 0 Å². The Morgan fingerprint density at radius 3 is 2.08 bits per heavy atom. The van der Waals surface area contributed by atoms with E-state index in [1.807, 2.05) is 0 Å². The zero-order valence-corrected chi connectivity index (χ0v) is 33.8. The summed E-state index contributed by atoms with van der Waals surface area (Å²) < 4.78 is 2.52. The van der Waals surface area contributed by atoms with Crippen molar-refractivity contribution >= 4 is 42.3 Å². The number of allylic oxidation sites excluding steroid dienone is 7. The van der Waals surface area contributed by atoms with Crippen LogP contribution in [-0.4, -0.2) is 54.1 Å². The second-order valence-corrected chi connectivity index (χ2v) is 14.7. The smallest absolute Gasteiger partial charge is 0.209 e. The second kappa shape index (κ2) is 21.3. The Hall–Kier alpha value is -3.07. The van der Waals surface area contributed by atoms with Gasteiger partial charge < -0.3 is 15.7 Å². The minimum atomic E-state index is -0.0510. The number of anilines is 1. The summed E-state index contributed by atoms with van der Waals surface area (Å²) in [5.41, 5.74) is 24.2. The lowest BCUT2D eigenvalue weighted by Gasteiger charge is -2.27. The molecule has 0 amide bonds. The number of rotatable bonds is 11. The molecule has 0 aromatic heterocycles. The van der Waals surface area contributed by atoms with Crippen LogP contribution in [0.25, 0.3) is 0 Å². The summed E-state index contributed by atoms with van der Waals surface area (Å²) in [4.78, 5) is 2.52. The number of aliphatic hydroxyl groups is 1. The maximum absolute atomic E-state index is 7.00. The first-order chi connectivity index (χ1) is 24.0. The van der Waals surface area contributed by atoms with Crippen molar-refractivity contribution in [3.05, 3.63) is 107 Å². The number of thiol groups is 2. The van der Waals surface area contributed by atoms with Crippen molar-refractivity contribution in [1.82, 2.24) is 0 Å². The van der Waals surface area contributed by atoms with Crippen LogP contribution >= 0.6 is 25.3 Å². The van der Waals surface area contributed by atoms with Gasteiger partial charge >= 0.3 is 0 Å². The summed E-state index contributed by atoms with van der Waals surface area (Å²) in [5, 5.41) is 9.75. The van der Waals surface area contributed by atoms with Crippen molar-refractivity contribution in [2.75, 3.05) is 43.7 Å². The molecule has 0 fully saturated rings. The number of nitrogens with two attached hydrogens (primary N) is 1. The number of nitrogens with zero attached hydrogens (tertiary/aromatic N) is 3. The van der Waals surface area contributed by atoms with Crippen LogP contribution in [-0.2, 0) is 10.8 Å². The Morgan fingerprint density at radius 1 is 0.860 bits per heavy atom. The topological polar surface area (TPSA) is 88.7 Å². The fourth-order valence-electron chi connectivity index (χ4n) is 6.98. The van der Waals surface area contributed by atoms with E-state index in [4.69, 9.17) is 16.4 Å². The Balaban J connectivity index is 0.000000996. The first-order valence-corrected chi connectivity index (χ1v) is 19.4. The molecule has 5 rings (SSSR count). The fourth-order valence-corrected chi connectivity index (χ4v) is 7.42. The Kier molecular flexibility index (Phi) is 18.4. The number of unbranched alkanes of at least 4 members (excludes halogenated alkanes) is 2. The standard InChI is InChI=1S/C37H47N3S2.C3H8.CH4N2.CH4O/c1-36(2)29-13-5-7-15-31(29)39(23-9-11-25-41)33(36)21-19-27-17-18-28(35(27)38)20-22-34-37(3,4)30-14-6-8-16-32(30)40(34)24-10-12-26-42;2*1-3-2;1-2/h5-8,13-16,19-22,38,41-42H,9-12,17-18,23-26H2,1-4H3;3H2,1-2H3;2H,1H3;2H,1H3/p+1/b27-19+,33-21+;;;. The highest BCUT2D eigenvalue weighted by Gasteiger charge is 2.44. The van der Waals surface area contributed by atoms with Gasteiger partial charge in [0.15, 0.2) is 5.71 Å². The van der Waals surface area contributed by atoms with Gasteiger partial charge in [-0.2, -0.15) is 29.8 Å². The number of fused-ring (bicyclic) bond motifs is 2. The predicted octanol–water partition coefficient (Wildman–Crippen LogP) is 10.3. The van der Waals surface area contributed by atoms with E-state index in [9.17, 15) is 0 Å². The Bertz CT molecular complexity index is 1550. The van der Waals surface area contributed by atoms with Gasteiger partial charge in [-0.1, -0.05) is 82.7 Å². The summed E-state index contributed by atoms with van der Waals surface area (Å²) in [6.45, 7) is 15.6. The van der Waals surface area contributed by atoms with Crippen molar-refractivity contribution in [3.8, 4) is 0 Å². The molecule has 274 valence electrons. The molecule has 0 atom stereocenters. The molecule has 0 radical (unpaired) electrons. The summed E-state index contributed by atoms with van der Waals surface area (Å²) in [7, 11) is 2.42. The lowest BCUT2D eigenvalue weighted by atomic mass is 9.81. The van der Waals surface area contributed by atoms with Gasteiger partial charge in [0.2, 0.25) is 5.69 Å². The minimum absolute atomic E-state index is 0.0510. The summed E-state index contributed by atoms with van der Waals surface area (Å²) in [6, 6.07) is 17.7. The molecule has 0 saturated heterocycles. The van der Waals surface area contributed by atoms with Crippen LogP contribution < -0.4 is 10.6 Å².